The van der Waals surface area contributed by atoms with Crippen LogP contribution in [0.2, 0.25) is 0 Å². The van der Waals surface area contributed by atoms with E-state index < -0.39 is 15.9 Å². The van der Waals surface area contributed by atoms with E-state index in [1.165, 1.54) is 29.6 Å². The maximum atomic E-state index is 12.6. The number of sulfonamides is 1. The van der Waals surface area contributed by atoms with Crippen LogP contribution in [0.3, 0.4) is 0 Å². The van der Waals surface area contributed by atoms with Gasteiger partial charge >= 0.3 is 0 Å². The maximum absolute atomic E-state index is 12.6. The molecule has 0 fully saturated rings. The molecule has 1 amide bonds. The van der Waals surface area contributed by atoms with Crippen molar-refractivity contribution in [2.75, 3.05) is 14.2 Å². The minimum absolute atomic E-state index is 0.0338. The molecule has 0 unspecified atom stereocenters. The van der Waals surface area contributed by atoms with Gasteiger partial charge in [0, 0.05) is 13.1 Å². The fourth-order valence-corrected chi connectivity index (χ4v) is 3.74. The van der Waals surface area contributed by atoms with Gasteiger partial charge in [-0.3, -0.25) is 4.79 Å². The number of amides is 1. The number of benzene rings is 1. The summed E-state index contributed by atoms with van der Waals surface area (Å²) in [5.74, 6) is -0.472. The van der Waals surface area contributed by atoms with Crippen LogP contribution < -0.4 is 10.5 Å². The first-order chi connectivity index (χ1) is 9.79. The minimum Gasteiger partial charge on any atom is -0.496 e. The van der Waals surface area contributed by atoms with Crippen molar-refractivity contribution in [3.8, 4) is 5.75 Å². The lowest BCUT2D eigenvalue weighted by molar-refractivity contribution is 0.0997. The highest BCUT2D eigenvalue weighted by atomic mass is 32.2. The molecule has 1 rings (SSSR count). The second-order valence-electron chi connectivity index (χ2n) is 4.72. The molecule has 0 saturated carbocycles. The van der Waals surface area contributed by atoms with E-state index in [2.05, 4.69) is 0 Å². The van der Waals surface area contributed by atoms with Gasteiger partial charge in [0.05, 0.1) is 17.6 Å². The molecule has 0 spiro atoms. The molecule has 118 valence electrons. The lowest BCUT2D eigenvalue weighted by atomic mass is 10.2. The molecule has 6 nitrogen and oxygen atoms in total. The molecule has 7 heteroatoms. The normalized spacial score (nSPS) is 11.9. The van der Waals surface area contributed by atoms with Crippen molar-refractivity contribution in [3.05, 3.63) is 23.8 Å². The Labute approximate surface area is 125 Å². The van der Waals surface area contributed by atoms with Crippen molar-refractivity contribution >= 4 is 15.9 Å². The largest absolute Gasteiger partial charge is 0.496 e. The number of ether oxygens (including phenoxy) is 1. The summed E-state index contributed by atoms with van der Waals surface area (Å²) in [6, 6.07) is 4.02. The molecule has 0 saturated heterocycles. The quantitative estimate of drug-likeness (QED) is 0.828. The third kappa shape index (κ3) is 3.54. The summed E-state index contributed by atoms with van der Waals surface area (Å²) >= 11 is 0. The van der Waals surface area contributed by atoms with E-state index >= 15 is 0 Å². The third-order valence-electron chi connectivity index (χ3n) is 3.57. The number of nitrogens with zero attached hydrogens (tertiary/aromatic N) is 1. The Hall–Kier alpha value is -1.60. The monoisotopic (exact) mass is 314 g/mol. The van der Waals surface area contributed by atoms with Crippen LogP contribution in [0.25, 0.3) is 0 Å². The Morgan fingerprint density at radius 1 is 1.33 bits per heavy atom. The molecule has 1 aromatic rings. The number of carbonyl (C=O) groups is 1. The summed E-state index contributed by atoms with van der Waals surface area (Å²) in [6.07, 6.45) is 1.43. The topological polar surface area (TPSA) is 89.7 Å². The van der Waals surface area contributed by atoms with Gasteiger partial charge < -0.3 is 10.5 Å². The smallest absolute Gasteiger partial charge is 0.252 e. The van der Waals surface area contributed by atoms with Gasteiger partial charge in [0.25, 0.3) is 5.91 Å². The molecule has 0 atom stereocenters. The van der Waals surface area contributed by atoms with Gasteiger partial charge in [0.1, 0.15) is 5.75 Å². The number of hydrogen-bond acceptors (Lipinski definition) is 4. The van der Waals surface area contributed by atoms with Crippen molar-refractivity contribution in [2.24, 2.45) is 5.73 Å². The van der Waals surface area contributed by atoms with Gasteiger partial charge in [-0.2, -0.15) is 4.31 Å². The van der Waals surface area contributed by atoms with Crippen LogP contribution in [0.4, 0.5) is 0 Å². The summed E-state index contributed by atoms with van der Waals surface area (Å²) in [4.78, 5) is 11.4. The van der Waals surface area contributed by atoms with E-state index in [9.17, 15) is 13.2 Å². The second-order valence-corrected chi connectivity index (χ2v) is 6.72. The van der Waals surface area contributed by atoms with Gasteiger partial charge in [-0.1, -0.05) is 13.8 Å². The summed E-state index contributed by atoms with van der Waals surface area (Å²) in [5, 5.41) is 0. The number of hydrogen-bond donors (Lipinski definition) is 1. The summed E-state index contributed by atoms with van der Waals surface area (Å²) in [5.41, 5.74) is 5.32. The van der Waals surface area contributed by atoms with Gasteiger partial charge in [-0.15, -0.1) is 0 Å². The lowest BCUT2D eigenvalue weighted by Crippen LogP contribution is -2.36. The second kappa shape index (κ2) is 6.91. The SMILES string of the molecule is CCC(CC)N(C)S(=O)(=O)c1ccc(OC)c(C(N)=O)c1. The van der Waals surface area contributed by atoms with E-state index in [1.807, 2.05) is 13.8 Å². The van der Waals surface area contributed by atoms with Crippen LogP contribution in [0.1, 0.15) is 37.0 Å². The van der Waals surface area contributed by atoms with Crippen LogP contribution in [-0.4, -0.2) is 38.8 Å². The molecule has 2 N–H and O–H groups in total. The van der Waals surface area contributed by atoms with E-state index in [1.54, 1.807) is 7.05 Å². The Morgan fingerprint density at radius 2 is 1.90 bits per heavy atom. The van der Waals surface area contributed by atoms with Crippen LogP contribution in [0.15, 0.2) is 23.1 Å². The van der Waals surface area contributed by atoms with Crippen LogP contribution in [0.5, 0.6) is 5.75 Å². The molecule has 0 aromatic heterocycles. The van der Waals surface area contributed by atoms with Crippen molar-refractivity contribution in [3.63, 3.8) is 0 Å². The molecule has 0 aliphatic rings. The number of methoxy groups -OCH3 is 1. The predicted molar refractivity (Wildman–Crippen MR) is 80.8 cm³/mol. The molecular weight excluding hydrogens is 292 g/mol. The van der Waals surface area contributed by atoms with Crippen molar-refractivity contribution in [1.29, 1.82) is 0 Å². The zero-order valence-corrected chi connectivity index (χ0v) is 13.6. The Balaban J connectivity index is 3.32. The molecule has 0 aliphatic heterocycles. The molecular formula is C14H22N2O4S. The molecule has 0 aliphatic carbocycles. The first kappa shape index (κ1) is 17.5. The highest BCUT2D eigenvalue weighted by Gasteiger charge is 2.27. The Kier molecular flexibility index (Phi) is 5.74. The van der Waals surface area contributed by atoms with Gasteiger partial charge in [-0.25, -0.2) is 8.42 Å². The summed E-state index contributed by atoms with van der Waals surface area (Å²) < 4.78 is 31.5. The Morgan fingerprint density at radius 3 is 2.33 bits per heavy atom. The Bertz CT molecular complexity index is 609. The highest BCUT2D eigenvalue weighted by molar-refractivity contribution is 7.89. The van der Waals surface area contributed by atoms with Crippen molar-refractivity contribution in [2.45, 2.75) is 37.6 Å². The molecule has 0 bridgehead atoms. The van der Waals surface area contributed by atoms with Gasteiger partial charge in [0.2, 0.25) is 10.0 Å². The molecule has 1 aromatic carbocycles. The van der Waals surface area contributed by atoms with Crippen molar-refractivity contribution < 1.29 is 17.9 Å². The zero-order chi connectivity index (χ0) is 16.2. The first-order valence-corrected chi connectivity index (χ1v) is 8.19. The average molecular weight is 314 g/mol. The number of primary amides is 1. The molecule has 0 radical (unpaired) electrons. The average Bonchev–Trinajstić information content (AvgIpc) is 2.47. The first-order valence-electron chi connectivity index (χ1n) is 6.75. The third-order valence-corrected chi connectivity index (χ3v) is 5.48. The maximum Gasteiger partial charge on any atom is 0.252 e. The minimum atomic E-state index is -3.67. The fraction of sp³-hybridized carbons (Fsp3) is 0.500. The molecule has 21 heavy (non-hydrogen) atoms. The van der Waals surface area contributed by atoms with Gasteiger partial charge in [0.15, 0.2) is 0 Å². The number of rotatable bonds is 7. The summed E-state index contributed by atoms with van der Waals surface area (Å²) in [6.45, 7) is 3.87. The van der Waals surface area contributed by atoms with E-state index in [0.29, 0.717) is 12.8 Å². The zero-order valence-electron chi connectivity index (χ0n) is 12.8. The van der Waals surface area contributed by atoms with E-state index in [0.717, 1.165) is 0 Å². The van der Waals surface area contributed by atoms with Gasteiger partial charge in [-0.05, 0) is 31.0 Å². The van der Waals surface area contributed by atoms with E-state index in [4.69, 9.17) is 10.5 Å². The molecule has 0 heterocycles. The van der Waals surface area contributed by atoms with Crippen LogP contribution in [-0.2, 0) is 10.0 Å². The predicted octanol–water partition coefficient (Wildman–Crippen LogP) is 1.60. The van der Waals surface area contributed by atoms with E-state index in [-0.39, 0.29) is 22.3 Å². The number of nitrogens with two attached hydrogens (primary N) is 1. The lowest BCUT2D eigenvalue weighted by Gasteiger charge is -2.25. The van der Waals surface area contributed by atoms with Crippen molar-refractivity contribution in [1.82, 2.24) is 4.31 Å². The number of carbonyl (C=O) groups excluding carboxylic acids is 1. The highest BCUT2D eigenvalue weighted by Crippen LogP contribution is 2.25. The summed E-state index contributed by atoms with van der Waals surface area (Å²) in [7, 11) is -0.735. The van der Waals surface area contributed by atoms with Crippen LogP contribution in [0, 0.1) is 0 Å². The fourth-order valence-electron chi connectivity index (χ4n) is 2.21. The standard InChI is InChI=1S/C14H22N2O4S/c1-5-10(6-2)16(3)21(18,19)11-7-8-13(20-4)12(9-11)14(15)17/h7-10H,5-6H2,1-4H3,(H2,15,17). The van der Waals surface area contributed by atoms with Crippen LogP contribution >= 0.6 is 0 Å².